The molecule has 4 aromatic rings. The Bertz CT molecular complexity index is 1690. The Morgan fingerprint density at radius 3 is 1.54 bits per heavy atom. The molecule has 1 fully saturated rings. The van der Waals surface area contributed by atoms with Crippen LogP contribution in [-0.2, 0) is 64.4 Å². The van der Waals surface area contributed by atoms with E-state index in [-0.39, 0.29) is 33.0 Å². The minimum absolute atomic E-state index is 0.0366. The zero-order valence-electron chi connectivity index (χ0n) is 31.2. The van der Waals surface area contributed by atoms with E-state index >= 15 is 0 Å². The fourth-order valence-electron chi connectivity index (χ4n) is 6.17. The van der Waals surface area contributed by atoms with Gasteiger partial charge in [-0.1, -0.05) is 121 Å². The average molecular weight is 742 g/mol. The highest BCUT2D eigenvalue weighted by molar-refractivity contribution is 5.77. The van der Waals surface area contributed by atoms with Gasteiger partial charge in [-0.05, 0) is 43.0 Å². The van der Waals surface area contributed by atoms with Crippen LogP contribution in [0.25, 0.3) is 0 Å². The normalized spacial score (nSPS) is 21.1. The van der Waals surface area contributed by atoms with Crippen molar-refractivity contribution < 1.29 is 47.9 Å². The highest BCUT2D eigenvalue weighted by Crippen LogP contribution is 2.33. The van der Waals surface area contributed by atoms with E-state index in [0.29, 0.717) is 0 Å². The first-order valence-corrected chi connectivity index (χ1v) is 18.1. The summed E-state index contributed by atoms with van der Waals surface area (Å²) in [7, 11) is 1.15. The lowest BCUT2D eigenvalue weighted by molar-refractivity contribution is -0.280. The van der Waals surface area contributed by atoms with E-state index in [1.54, 1.807) is 20.8 Å². The number of hydrogen-bond acceptors (Lipinski definition) is 10. The van der Waals surface area contributed by atoms with Crippen LogP contribution in [0, 0.1) is 0 Å². The van der Waals surface area contributed by atoms with E-state index in [9.17, 15) is 14.7 Å². The van der Waals surface area contributed by atoms with Gasteiger partial charge in [0, 0.05) is 0 Å². The van der Waals surface area contributed by atoms with E-state index in [1.807, 2.05) is 121 Å². The Morgan fingerprint density at radius 2 is 1.09 bits per heavy atom. The van der Waals surface area contributed by atoms with Crippen LogP contribution in [0.15, 0.2) is 121 Å². The number of aliphatic hydroxyl groups is 1. The Morgan fingerprint density at radius 1 is 0.667 bits per heavy atom. The Balaban J connectivity index is 1.57. The molecule has 4 aromatic carbocycles. The number of benzene rings is 4. The second-order valence-electron chi connectivity index (χ2n) is 14.1. The Kier molecular flexibility index (Phi) is 15.2. The van der Waals surface area contributed by atoms with Crippen LogP contribution in [0.1, 0.15) is 43.0 Å². The number of carbonyl (C=O) groups is 2. The van der Waals surface area contributed by atoms with E-state index in [1.165, 1.54) is 0 Å². The molecule has 1 amide bonds. The number of carbonyl (C=O) groups excluding carboxylic acids is 2. The number of aliphatic hydroxyl groups excluding tert-OH is 1. The van der Waals surface area contributed by atoms with Gasteiger partial charge in [0.15, 0.2) is 6.10 Å². The minimum Gasteiger partial charge on any atom is -0.467 e. The van der Waals surface area contributed by atoms with E-state index in [4.69, 9.17) is 33.2 Å². The molecule has 1 aliphatic heterocycles. The van der Waals surface area contributed by atoms with Crippen molar-refractivity contribution in [2.24, 2.45) is 0 Å². The minimum atomic E-state index is -1.88. The first-order chi connectivity index (χ1) is 26.1. The zero-order chi connectivity index (χ0) is 38.3. The van der Waals surface area contributed by atoms with Crippen LogP contribution >= 0.6 is 0 Å². The lowest BCUT2D eigenvalue weighted by Gasteiger charge is -2.48. The number of hydrogen-bond donors (Lipinski definition) is 2. The molecule has 11 nitrogen and oxygen atoms in total. The summed E-state index contributed by atoms with van der Waals surface area (Å²) in [6, 6.07) is 37.2. The number of nitrogens with one attached hydrogen (secondary N) is 1. The first kappa shape index (κ1) is 40.6. The van der Waals surface area contributed by atoms with Crippen LogP contribution in [-0.4, -0.2) is 79.2 Å². The summed E-state index contributed by atoms with van der Waals surface area (Å²) in [5.74, 6) is -0.984. The molecule has 1 heterocycles. The van der Waals surface area contributed by atoms with Crippen LogP contribution in [0.3, 0.4) is 0 Å². The van der Waals surface area contributed by atoms with Crippen LogP contribution < -0.4 is 5.32 Å². The third kappa shape index (κ3) is 12.2. The van der Waals surface area contributed by atoms with Gasteiger partial charge in [0.1, 0.15) is 36.1 Å². The quantitative estimate of drug-likeness (QED) is 0.122. The van der Waals surface area contributed by atoms with Crippen molar-refractivity contribution in [3.8, 4) is 0 Å². The van der Waals surface area contributed by atoms with Gasteiger partial charge in [0.05, 0.1) is 46.2 Å². The van der Waals surface area contributed by atoms with Gasteiger partial charge in [0.25, 0.3) is 0 Å². The van der Waals surface area contributed by atoms with Gasteiger partial charge in [-0.15, -0.1) is 0 Å². The molecule has 0 spiro atoms. The molecule has 2 N–H and O–H groups in total. The molecule has 0 bridgehead atoms. The Labute approximate surface area is 317 Å². The number of amides is 1. The summed E-state index contributed by atoms with van der Waals surface area (Å²) in [4.78, 5) is 26.4. The second-order valence-corrected chi connectivity index (χ2v) is 14.1. The molecule has 0 radical (unpaired) electrons. The summed E-state index contributed by atoms with van der Waals surface area (Å²) in [5, 5.41) is 14.2. The van der Waals surface area contributed by atoms with Crippen molar-refractivity contribution in [2.75, 3.05) is 13.7 Å². The van der Waals surface area contributed by atoms with Crippen molar-refractivity contribution in [1.29, 1.82) is 0 Å². The standard InChI is InChI=1S/C43H51NO10/c1-43(2,3)54-42(47)44-35(36(45)41(46)48-4)38-40(52-28-33-23-15-8-16-24-33)39(51-27-32-21-13-7-14-22-32)37(50-26-31-19-11-6-12-20-31)34(53-38)29-49-25-30-17-9-5-10-18-30/h5-24,34-40,45H,25-29H2,1-4H3,(H,44,47)/t34-,35-,36-,37+,38+,39+,40+/m1/s1. The highest BCUT2D eigenvalue weighted by atomic mass is 16.6. The molecule has 288 valence electrons. The summed E-state index contributed by atoms with van der Waals surface area (Å²) in [6.45, 7) is 5.96. The van der Waals surface area contributed by atoms with Crippen molar-refractivity contribution >= 4 is 12.1 Å². The van der Waals surface area contributed by atoms with Gasteiger partial charge >= 0.3 is 12.1 Å². The molecule has 0 aromatic heterocycles. The molecule has 7 atom stereocenters. The van der Waals surface area contributed by atoms with Crippen LogP contribution in [0.2, 0.25) is 0 Å². The monoisotopic (exact) mass is 741 g/mol. The lowest BCUT2D eigenvalue weighted by atomic mass is 9.88. The first-order valence-electron chi connectivity index (χ1n) is 18.1. The number of ether oxygens (including phenoxy) is 7. The van der Waals surface area contributed by atoms with E-state index in [2.05, 4.69) is 5.32 Å². The Hall–Kier alpha value is -4.62. The molecular weight excluding hydrogens is 690 g/mol. The van der Waals surface area contributed by atoms with Crippen molar-refractivity contribution in [3.05, 3.63) is 144 Å². The number of esters is 1. The van der Waals surface area contributed by atoms with Crippen LogP contribution in [0.4, 0.5) is 4.79 Å². The van der Waals surface area contributed by atoms with Gasteiger partial charge in [-0.3, -0.25) is 0 Å². The fourth-order valence-corrected chi connectivity index (χ4v) is 6.17. The predicted octanol–water partition coefficient (Wildman–Crippen LogP) is 6.15. The van der Waals surface area contributed by atoms with Crippen molar-refractivity contribution in [3.63, 3.8) is 0 Å². The molecule has 0 aliphatic carbocycles. The smallest absolute Gasteiger partial charge is 0.408 e. The number of methoxy groups -OCH3 is 1. The predicted molar refractivity (Wildman–Crippen MR) is 201 cm³/mol. The third-order valence-electron chi connectivity index (χ3n) is 8.74. The van der Waals surface area contributed by atoms with Gasteiger partial charge in [-0.25, -0.2) is 9.59 Å². The molecule has 1 aliphatic rings. The summed E-state index contributed by atoms with van der Waals surface area (Å²) >= 11 is 0. The summed E-state index contributed by atoms with van der Waals surface area (Å²) in [6.07, 6.45) is -7.43. The SMILES string of the molecule is COC(=O)[C@H](O)[C@@H](NC(=O)OC(C)(C)C)[C@@H]1O[C@H](COCc2ccccc2)[C@H](OCc2ccccc2)[C@H](OCc2ccccc2)[C@H]1OCc1ccccc1. The maximum absolute atomic E-state index is 13.4. The van der Waals surface area contributed by atoms with Crippen LogP contribution in [0.5, 0.6) is 0 Å². The largest absolute Gasteiger partial charge is 0.467 e. The van der Waals surface area contributed by atoms with E-state index in [0.717, 1.165) is 29.4 Å². The third-order valence-corrected chi connectivity index (χ3v) is 8.74. The number of alkyl carbamates (subject to hydrolysis) is 1. The highest BCUT2D eigenvalue weighted by Gasteiger charge is 2.53. The maximum atomic E-state index is 13.4. The lowest BCUT2D eigenvalue weighted by Crippen LogP contribution is -2.68. The summed E-state index contributed by atoms with van der Waals surface area (Å²) in [5.41, 5.74) is 2.76. The summed E-state index contributed by atoms with van der Waals surface area (Å²) < 4.78 is 43.8. The van der Waals surface area contributed by atoms with Gasteiger partial charge in [-0.2, -0.15) is 0 Å². The fraction of sp³-hybridized carbons (Fsp3) is 0.395. The van der Waals surface area contributed by atoms with E-state index < -0.39 is 60.3 Å². The van der Waals surface area contributed by atoms with Crippen molar-refractivity contribution in [1.82, 2.24) is 5.32 Å². The van der Waals surface area contributed by atoms with Gasteiger partial charge < -0.3 is 43.6 Å². The molecule has 0 saturated carbocycles. The molecule has 5 rings (SSSR count). The second kappa shape index (κ2) is 20.2. The molecule has 1 saturated heterocycles. The number of rotatable bonds is 17. The molecule has 54 heavy (non-hydrogen) atoms. The topological polar surface area (TPSA) is 131 Å². The molecule has 11 heteroatoms. The average Bonchev–Trinajstić information content (AvgIpc) is 3.18. The van der Waals surface area contributed by atoms with Crippen molar-refractivity contribution in [2.45, 2.75) is 95.5 Å². The zero-order valence-corrected chi connectivity index (χ0v) is 31.2. The molecule has 0 unspecified atom stereocenters. The molecular formula is C43H51NO10. The van der Waals surface area contributed by atoms with Gasteiger partial charge in [0.2, 0.25) is 0 Å². The maximum Gasteiger partial charge on any atom is 0.408 e.